The maximum absolute atomic E-state index is 12.2. The Hall–Kier alpha value is -2.18. The molecule has 1 aromatic rings. The summed E-state index contributed by atoms with van der Waals surface area (Å²) in [5.74, 6) is -0.879. The van der Waals surface area contributed by atoms with Gasteiger partial charge in [-0.05, 0) is 38.2 Å². The van der Waals surface area contributed by atoms with Gasteiger partial charge in [-0.2, -0.15) is 5.10 Å². The highest BCUT2D eigenvalue weighted by atomic mass is 16.5. The third kappa shape index (κ3) is 4.91. The third-order valence-electron chi connectivity index (χ3n) is 4.20. The Labute approximate surface area is 141 Å². The van der Waals surface area contributed by atoms with E-state index in [1.807, 2.05) is 10.9 Å². The molecule has 1 atom stereocenters. The summed E-state index contributed by atoms with van der Waals surface area (Å²) in [4.78, 5) is 34.8. The van der Waals surface area contributed by atoms with E-state index in [1.165, 1.54) is 7.11 Å². The van der Waals surface area contributed by atoms with Crippen molar-refractivity contribution in [2.75, 3.05) is 13.7 Å². The number of aromatic nitrogens is 2. The minimum Gasteiger partial charge on any atom is -0.469 e. The maximum atomic E-state index is 12.2. The van der Waals surface area contributed by atoms with E-state index >= 15 is 0 Å². The fourth-order valence-electron chi connectivity index (χ4n) is 2.94. The second kappa shape index (κ2) is 8.61. The third-order valence-corrected chi connectivity index (χ3v) is 4.20. The summed E-state index contributed by atoms with van der Waals surface area (Å²) in [6, 6.07) is 0. The zero-order valence-electron chi connectivity index (χ0n) is 14.2. The zero-order chi connectivity index (χ0) is 17.5. The molecule has 0 saturated carbocycles. The number of aryl methyl sites for hydroxylation is 2. The van der Waals surface area contributed by atoms with Crippen molar-refractivity contribution < 1.29 is 23.9 Å². The summed E-state index contributed by atoms with van der Waals surface area (Å²) in [5.41, 5.74) is 2.06. The number of carbonyl (C=O) groups is 3. The highest BCUT2D eigenvalue weighted by Gasteiger charge is 2.28. The Morgan fingerprint density at radius 2 is 2.12 bits per heavy atom. The minimum absolute atomic E-state index is 0.0578. The zero-order valence-corrected chi connectivity index (χ0v) is 14.2. The van der Waals surface area contributed by atoms with Gasteiger partial charge in [-0.3, -0.25) is 19.1 Å². The number of Topliss-reactive ketones (excluding diaryl/α,β-unsaturated/α-hetero) is 1. The van der Waals surface area contributed by atoms with Crippen molar-refractivity contribution in [1.82, 2.24) is 9.78 Å². The van der Waals surface area contributed by atoms with Gasteiger partial charge in [0.25, 0.3) is 0 Å². The van der Waals surface area contributed by atoms with Crippen molar-refractivity contribution in [2.24, 2.45) is 5.92 Å². The first-order chi connectivity index (χ1) is 11.5. The van der Waals surface area contributed by atoms with E-state index in [0.29, 0.717) is 38.8 Å². The molecule has 0 amide bonds. The van der Waals surface area contributed by atoms with Gasteiger partial charge in [0.15, 0.2) is 0 Å². The average Bonchev–Trinajstić information content (AvgIpc) is 2.96. The standard InChI is InChI=1S/C17H24N2O5/c1-3-24-17(22)10-15(20)12-6-7-14-13(9-12)11-19(18-14)8-4-5-16(21)23-2/h11-12H,3-10H2,1-2H3. The molecule has 1 unspecified atom stereocenters. The number of methoxy groups -OCH3 is 1. The highest BCUT2D eigenvalue weighted by molar-refractivity contribution is 5.97. The largest absolute Gasteiger partial charge is 0.469 e. The average molecular weight is 336 g/mol. The molecule has 0 spiro atoms. The molecule has 7 heteroatoms. The number of esters is 2. The van der Waals surface area contributed by atoms with Crippen LogP contribution in [0.4, 0.5) is 0 Å². The van der Waals surface area contributed by atoms with E-state index in [0.717, 1.165) is 17.7 Å². The predicted molar refractivity (Wildman–Crippen MR) is 85.2 cm³/mol. The highest BCUT2D eigenvalue weighted by Crippen LogP contribution is 2.26. The lowest BCUT2D eigenvalue weighted by Crippen LogP contribution is -2.25. The number of nitrogens with zero attached hydrogens (tertiary/aromatic N) is 2. The lowest BCUT2D eigenvalue weighted by molar-refractivity contribution is -0.146. The van der Waals surface area contributed by atoms with Crippen LogP contribution in [0, 0.1) is 5.92 Å². The summed E-state index contributed by atoms with van der Waals surface area (Å²) in [7, 11) is 1.38. The van der Waals surface area contributed by atoms with E-state index in [9.17, 15) is 14.4 Å². The van der Waals surface area contributed by atoms with Crippen molar-refractivity contribution in [3.8, 4) is 0 Å². The molecule has 0 radical (unpaired) electrons. The maximum Gasteiger partial charge on any atom is 0.313 e. The normalized spacial score (nSPS) is 16.3. The number of ether oxygens (including phenoxy) is 2. The molecule has 24 heavy (non-hydrogen) atoms. The van der Waals surface area contributed by atoms with Gasteiger partial charge in [0.2, 0.25) is 0 Å². The van der Waals surface area contributed by atoms with Crippen LogP contribution in [0.3, 0.4) is 0 Å². The molecule has 7 nitrogen and oxygen atoms in total. The Morgan fingerprint density at radius 3 is 2.83 bits per heavy atom. The van der Waals surface area contributed by atoms with Gasteiger partial charge in [0.05, 0.1) is 19.4 Å². The molecule has 1 aliphatic rings. The van der Waals surface area contributed by atoms with Gasteiger partial charge >= 0.3 is 11.9 Å². The van der Waals surface area contributed by atoms with Crippen LogP contribution in [0.1, 0.15) is 43.9 Å². The number of rotatable bonds is 8. The fourth-order valence-corrected chi connectivity index (χ4v) is 2.94. The molecule has 1 aliphatic carbocycles. The van der Waals surface area contributed by atoms with Crippen LogP contribution in [0.25, 0.3) is 0 Å². The van der Waals surface area contributed by atoms with E-state index in [1.54, 1.807) is 6.92 Å². The summed E-state index contributed by atoms with van der Waals surface area (Å²) < 4.78 is 11.3. The van der Waals surface area contributed by atoms with Crippen LogP contribution in [0.2, 0.25) is 0 Å². The molecular weight excluding hydrogens is 312 g/mol. The molecule has 1 heterocycles. The second-order valence-corrected chi connectivity index (χ2v) is 5.93. The smallest absolute Gasteiger partial charge is 0.313 e. The summed E-state index contributed by atoms with van der Waals surface area (Å²) in [6.07, 6.45) is 4.88. The SMILES string of the molecule is CCOC(=O)CC(=O)C1CCc2nn(CCCC(=O)OC)cc2C1. The molecule has 2 rings (SSSR count). The van der Waals surface area contributed by atoms with E-state index in [-0.39, 0.29) is 24.1 Å². The molecule has 0 N–H and O–H groups in total. The molecular formula is C17H24N2O5. The quantitative estimate of drug-likeness (QED) is 0.528. The van der Waals surface area contributed by atoms with Gasteiger partial charge in [-0.15, -0.1) is 0 Å². The van der Waals surface area contributed by atoms with E-state index < -0.39 is 5.97 Å². The van der Waals surface area contributed by atoms with Gasteiger partial charge in [-0.25, -0.2) is 0 Å². The molecule has 132 valence electrons. The van der Waals surface area contributed by atoms with Crippen LogP contribution in [-0.2, 0) is 43.2 Å². The first-order valence-corrected chi connectivity index (χ1v) is 8.33. The van der Waals surface area contributed by atoms with Crippen molar-refractivity contribution in [1.29, 1.82) is 0 Å². The molecule has 0 fully saturated rings. The predicted octanol–water partition coefficient (Wildman–Crippen LogP) is 1.46. The fraction of sp³-hybridized carbons (Fsp3) is 0.647. The lowest BCUT2D eigenvalue weighted by Gasteiger charge is -2.19. The number of ketones is 1. The van der Waals surface area contributed by atoms with Crippen molar-refractivity contribution in [3.63, 3.8) is 0 Å². The first kappa shape index (κ1) is 18.2. The van der Waals surface area contributed by atoms with Gasteiger partial charge in [-0.1, -0.05) is 0 Å². The molecule has 0 bridgehead atoms. The van der Waals surface area contributed by atoms with Gasteiger partial charge in [0.1, 0.15) is 12.2 Å². The van der Waals surface area contributed by atoms with Crippen LogP contribution in [-0.4, -0.2) is 41.2 Å². The first-order valence-electron chi connectivity index (χ1n) is 8.33. The number of fused-ring (bicyclic) bond motifs is 1. The molecule has 1 aromatic heterocycles. The number of hydrogen-bond acceptors (Lipinski definition) is 6. The second-order valence-electron chi connectivity index (χ2n) is 5.93. The summed E-state index contributed by atoms with van der Waals surface area (Å²) in [6.45, 7) is 2.66. The monoisotopic (exact) mass is 336 g/mol. The Morgan fingerprint density at radius 1 is 1.33 bits per heavy atom. The molecule has 0 aromatic carbocycles. The Bertz CT molecular complexity index is 608. The van der Waals surface area contributed by atoms with Crippen LogP contribution >= 0.6 is 0 Å². The topological polar surface area (TPSA) is 87.5 Å². The van der Waals surface area contributed by atoms with Crippen molar-refractivity contribution in [2.45, 2.75) is 52.0 Å². The molecule has 0 aliphatic heterocycles. The Kier molecular flexibility index (Phi) is 6.52. The van der Waals surface area contributed by atoms with E-state index in [2.05, 4.69) is 9.84 Å². The van der Waals surface area contributed by atoms with E-state index in [4.69, 9.17) is 4.74 Å². The van der Waals surface area contributed by atoms with Crippen LogP contribution in [0.15, 0.2) is 6.20 Å². The van der Waals surface area contributed by atoms with Crippen LogP contribution in [0.5, 0.6) is 0 Å². The van der Waals surface area contributed by atoms with Crippen LogP contribution < -0.4 is 0 Å². The summed E-state index contributed by atoms with van der Waals surface area (Å²) >= 11 is 0. The molecule has 0 saturated heterocycles. The minimum atomic E-state index is -0.452. The van der Waals surface area contributed by atoms with Crippen molar-refractivity contribution >= 4 is 17.7 Å². The number of carbonyl (C=O) groups excluding carboxylic acids is 3. The van der Waals surface area contributed by atoms with Gasteiger partial charge in [0, 0.05) is 25.1 Å². The summed E-state index contributed by atoms with van der Waals surface area (Å²) in [5, 5.41) is 4.52. The Balaban J connectivity index is 1.87. The van der Waals surface area contributed by atoms with Crippen molar-refractivity contribution in [3.05, 3.63) is 17.5 Å². The van der Waals surface area contributed by atoms with Gasteiger partial charge < -0.3 is 9.47 Å². The lowest BCUT2D eigenvalue weighted by atomic mass is 9.84. The number of hydrogen-bond donors (Lipinski definition) is 0.